The number of benzene rings is 2. The van der Waals surface area contributed by atoms with Crippen LogP contribution in [0, 0.1) is 13.8 Å². The highest BCUT2D eigenvalue weighted by Gasteiger charge is 2.49. The Labute approximate surface area is 135 Å². The molecule has 0 saturated heterocycles. The molecule has 1 aliphatic rings. The Bertz CT molecular complexity index is 812. The van der Waals surface area contributed by atoms with E-state index in [4.69, 9.17) is 0 Å². The third kappa shape index (κ3) is 2.35. The van der Waals surface area contributed by atoms with E-state index in [1.54, 1.807) is 37.4 Å². The summed E-state index contributed by atoms with van der Waals surface area (Å²) in [6.07, 6.45) is -0.253. The predicted molar refractivity (Wildman–Crippen MR) is 88.6 cm³/mol. The van der Waals surface area contributed by atoms with Crippen LogP contribution in [0.4, 0.5) is 5.69 Å². The average Bonchev–Trinajstić information content (AvgIpc) is 2.70. The fourth-order valence-corrected chi connectivity index (χ4v) is 3.24. The Morgan fingerprint density at radius 2 is 1.87 bits per heavy atom. The van der Waals surface area contributed by atoms with Crippen molar-refractivity contribution in [2.75, 3.05) is 11.9 Å². The number of aliphatic hydroxyl groups is 1. The second-order valence-electron chi connectivity index (χ2n) is 6.16. The first kappa shape index (κ1) is 15.4. The van der Waals surface area contributed by atoms with E-state index in [1.165, 1.54) is 4.90 Å². The lowest BCUT2D eigenvalue weighted by Crippen LogP contribution is -2.40. The molecule has 4 heteroatoms. The lowest BCUT2D eigenvalue weighted by Gasteiger charge is -2.21. The van der Waals surface area contributed by atoms with Crippen molar-refractivity contribution < 1.29 is 14.7 Å². The highest BCUT2D eigenvalue weighted by Crippen LogP contribution is 2.42. The molecule has 1 heterocycles. The molecule has 1 N–H and O–H groups in total. The lowest BCUT2D eigenvalue weighted by molar-refractivity contribution is -0.135. The van der Waals surface area contributed by atoms with E-state index in [1.807, 2.05) is 26.0 Å². The molecular formula is C19H19NO3. The van der Waals surface area contributed by atoms with Crippen LogP contribution in [0.25, 0.3) is 0 Å². The molecular weight excluding hydrogens is 290 g/mol. The van der Waals surface area contributed by atoms with E-state index in [0.29, 0.717) is 16.8 Å². The maximum absolute atomic E-state index is 12.7. The number of Topliss-reactive ketones (excluding diaryl/α,β-unsaturated/α-hetero) is 1. The van der Waals surface area contributed by atoms with Crippen molar-refractivity contribution in [3.63, 3.8) is 0 Å². The third-order valence-electron chi connectivity index (χ3n) is 4.47. The number of fused-ring (bicyclic) bond motifs is 1. The highest BCUT2D eigenvalue weighted by atomic mass is 16.3. The van der Waals surface area contributed by atoms with E-state index in [9.17, 15) is 14.7 Å². The molecule has 0 aliphatic carbocycles. The summed E-state index contributed by atoms with van der Waals surface area (Å²) in [6, 6.07) is 12.6. The zero-order chi connectivity index (χ0) is 16.8. The first-order valence-corrected chi connectivity index (χ1v) is 7.55. The van der Waals surface area contributed by atoms with Gasteiger partial charge in [-0.15, -0.1) is 0 Å². The van der Waals surface area contributed by atoms with E-state index >= 15 is 0 Å². The van der Waals surface area contributed by atoms with E-state index in [2.05, 4.69) is 0 Å². The number of rotatable bonds is 3. The number of hydrogen-bond donors (Lipinski definition) is 1. The maximum Gasteiger partial charge on any atom is 0.263 e. The van der Waals surface area contributed by atoms with Gasteiger partial charge in [0.15, 0.2) is 11.4 Å². The molecule has 4 nitrogen and oxygen atoms in total. The summed E-state index contributed by atoms with van der Waals surface area (Å²) >= 11 is 0. The van der Waals surface area contributed by atoms with Crippen molar-refractivity contribution in [1.82, 2.24) is 0 Å². The van der Waals surface area contributed by atoms with E-state index < -0.39 is 11.5 Å². The topological polar surface area (TPSA) is 57.6 Å². The van der Waals surface area contributed by atoms with Gasteiger partial charge in [-0.2, -0.15) is 0 Å². The van der Waals surface area contributed by atoms with Crippen LogP contribution >= 0.6 is 0 Å². The average molecular weight is 309 g/mol. The van der Waals surface area contributed by atoms with Crippen molar-refractivity contribution in [3.05, 3.63) is 64.7 Å². The summed E-state index contributed by atoms with van der Waals surface area (Å²) in [7, 11) is 1.61. The van der Waals surface area contributed by atoms with E-state index in [0.717, 1.165) is 11.1 Å². The fourth-order valence-electron chi connectivity index (χ4n) is 3.24. The lowest BCUT2D eigenvalue weighted by atomic mass is 9.87. The Morgan fingerprint density at radius 1 is 1.17 bits per heavy atom. The molecule has 2 aromatic rings. The largest absolute Gasteiger partial charge is 0.375 e. The number of hydrogen-bond acceptors (Lipinski definition) is 3. The number of aryl methyl sites for hydroxylation is 2. The van der Waals surface area contributed by atoms with Crippen LogP contribution in [-0.4, -0.2) is 23.8 Å². The Hall–Kier alpha value is -2.46. The predicted octanol–water partition coefficient (Wildman–Crippen LogP) is 2.74. The van der Waals surface area contributed by atoms with Crippen molar-refractivity contribution in [1.29, 1.82) is 0 Å². The molecule has 0 bridgehead atoms. The van der Waals surface area contributed by atoms with Crippen LogP contribution in [0.1, 0.15) is 33.5 Å². The summed E-state index contributed by atoms with van der Waals surface area (Å²) in [6.45, 7) is 3.82. The van der Waals surface area contributed by atoms with Gasteiger partial charge in [0.25, 0.3) is 5.91 Å². The zero-order valence-electron chi connectivity index (χ0n) is 13.5. The summed E-state index contributed by atoms with van der Waals surface area (Å²) in [5, 5.41) is 10.9. The van der Waals surface area contributed by atoms with Gasteiger partial charge in [0, 0.05) is 18.2 Å². The van der Waals surface area contributed by atoms with Crippen LogP contribution in [0.3, 0.4) is 0 Å². The van der Waals surface area contributed by atoms with Crippen LogP contribution in [-0.2, 0) is 10.4 Å². The molecule has 2 aromatic carbocycles. The Balaban J connectivity index is 1.99. The minimum atomic E-state index is -1.79. The molecule has 0 saturated carbocycles. The van der Waals surface area contributed by atoms with Gasteiger partial charge in [0.2, 0.25) is 0 Å². The molecule has 0 aromatic heterocycles. The van der Waals surface area contributed by atoms with Crippen molar-refractivity contribution in [2.45, 2.75) is 25.9 Å². The second-order valence-corrected chi connectivity index (χ2v) is 6.16. The highest BCUT2D eigenvalue weighted by molar-refractivity contribution is 6.10. The zero-order valence-corrected chi connectivity index (χ0v) is 13.5. The maximum atomic E-state index is 12.7. The minimum Gasteiger partial charge on any atom is -0.375 e. The number of para-hydroxylation sites is 1. The van der Waals surface area contributed by atoms with Crippen LogP contribution < -0.4 is 4.90 Å². The molecule has 118 valence electrons. The summed E-state index contributed by atoms with van der Waals surface area (Å²) in [5.74, 6) is -0.694. The minimum absolute atomic E-state index is 0.233. The molecule has 1 aliphatic heterocycles. The fraction of sp³-hybridized carbons (Fsp3) is 0.263. The monoisotopic (exact) mass is 309 g/mol. The number of amides is 1. The molecule has 3 rings (SSSR count). The standard InChI is InChI=1S/C19H19NO3/c1-12-8-9-14(13(2)10-12)17(21)11-19(23)15-6-4-5-7-16(15)20(3)18(19)22/h4-10,23H,11H2,1-3H3/t19-/m1/s1. The molecule has 1 amide bonds. The number of likely N-dealkylation sites (N-methyl/N-ethyl adjacent to an activating group) is 1. The van der Waals surface area contributed by atoms with Gasteiger partial charge >= 0.3 is 0 Å². The van der Waals surface area contributed by atoms with Crippen LogP contribution in [0.2, 0.25) is 0 Å². The summed E-state index contributed by atoms with van der Waals surface area (Å²) in [5.41, 5.74) is 1.81. The molecule has 0 unspecified atom stereocenters. The van der Waals surface area contributed by atoms with Gasteiger partial charge in [0.05, 0.1) is 12.1 Å². The van der Waals surface area contributed by atoms with Gasteiger partial charge in [-0.1, -0.05) is 42.0 Å². The molecule has 23 heavy (non-hydrogen) atoms. The van der Waals surface area contributed by atoms with Crippen LogP contribution in [0.5, 0.6) is 0 Å². The first-order chi connectivity index (χ1) is 10.8. The quantitative estimate of drug-likeness (QED) is 0.887. The van der Waals surface area contributed by atoms with Crippen molar-refractivity contribution in [3.8, 4) is 0 Å². The van der Waals surface area contributed by atoms with Gasteiger partial charge in [-0.05, 0) is 25.5 Å². The van der Waals surface area contributed by atoms with Crippen molar-refractivity contribution in [2.24, 2.45) is 0 Å². The molecule has 0 fully saturated rings. The van der Waals surface area contributed by atoms with Gasteiger partial charge in [-0.3, -0.25) is 9.59 Å². The van der Waals surface area contributed by atoms with E-state index in [-0.39, 0.29) is 12.2 Å². The van der Waals surface area contributed by atoms with Gasteiger partial charge < -0.3 is 10.0 Å². The Kier molecular flexibility index (Phi) is 3.57. The SMILES string of the molecule is Cc1ccc(C(=O)C[C@]2(O)C(=O)N(C)c3ccccc32)c(C)c1. The number of anilines is 1. The summed E-state index contributed by atoms with van der Waals surface area (Å²) in [4.78, 5) is 26.6. The smallest absolute Gasteiger partial charge is 0.263 e. The number of carbonyl (C=O) groups excluding carboxylic acids is 2. The number of carbonyl (C=O) groups is 2. The van der Waals surface area contributed by atoms with Gasteiger partial charge in [0.1, 0.15) is 0 Å². The van der Waals surface area contributed by atoms with Crippen molar-refractivity contribution >= 4 is 17.4 Å². The number of ketones is 1. The molecule has 0 radical (unpaired) electrons. The first-order valence-electron chi connectivity index (χ1n) is 7.55. The molecule has 1 atom stereocenters. The number of nitrogens with zero attached hydrogens (tertiary/aromatic N) is 1. The molecule has 0 spiro atoms. The van der Waals surface area contributed by atoms with Crippen LogP contribution in [0.15, 0.2) is 42.5 Å². The summed E-state index contributed by atoms with van der Waals surface area (Å²) < 4.78 is 0. The Morgan fingerprint density at radius 3 is 2.57 bits per heavy atom. The third-order valence-corrected chi connectivity index (χ3v) is 4.47. The second kappa shape index (κ2) is 5.32. The normalized spacial score (nSPS) is 19.8. The van der Waals surface area contributed by atoms with Gasteiger partial charge in [-0.25, -0.2) is 0 Å².